The van der Waals surface area contributed by atoms with Crippen LogP contribution < -0.4 is 15.8 Å². The van der Waals surface area contributed by atoms with Gasteiger partial charge in [-0.15, -0.1) is 0 Å². The Morgan fingerprint density at radius 2 is 1.80 bits per heavy atom. The van der Waals surface area contributed by atoms with Gasteiger partial charge >= 0.3 is 0 Å². The Hall–Kier alpha value is -1.91. The molecule has 20 heavy (non-hydrogen) atoms. The molecule has 4 nitrogen and oxygen atoms in total. The normalized spacial score (nSPS) is 10.2. The van der Waals surface area contributed by atoms with Gasteiger partial charge in [-0.1, -0.05) is 23.2 Å². The van der Waals surface area contributed by atoms with E-state index in [1.807, 2.05) is 0 Å². The Morgan fingerprint density at radius 3 is 2.45 bits per heavy atom. The number of nitrogen functional groups attached to an aromatic ring is 1. The summed E-state index contributed by atoms with van der Waals surface area (Å²) in [5.74, 6) is 0.0674. The largest absolute Gasteiger partial charge is 0.496 e. The van der Waals surface area contributed by atoms with Crippen LogP contribution in [0.1, 0.15) is 10.4 Å². The van der Waals surface area contributed by atoms with Gasteiger partial charge in [0.2, 0.25) is 0 Å². The van der Waals surface area contributed by atoms with E-state index in [-0.39, 0.29) is 5.91 Å². The molecular weight excluding hydrogens is 299 g/mol. The fraction of sp³-hybridized carbons (Fsp3) is 0.0714. The number of carbonyl (C=O) groups is 1. The fourth-order valence-electron chi connectivity index (χ4n) is 1.69. The second kappa shape index (κ2) is 6.03. The van der Waals surface area contributed by atoms with Crippen LogP contribution in [0, 0.1) is 0 Å². The number of hydrogen-bond donors (Lipinski definition) is 2. The Bertz CT molecular complexity index is 660. The monoisotopic (exact) mass is 310 g/mol. The van der Waals surface area contributed by atoms with E-state index in [1.165, 1.54) is 13.2 Å². The number of halogens is 2. The molecule has 0 bridgehead atoms. The van der Waals surface area contributed by atoms with Crippen molar-refractivity contribution in [2.24, 2.45) is 0 Å². The zero-order valence-electron chi connectivity index (χ0n) is 10.6. The number of rotatable bonds is 3. The van der Waals surface area contributed by atoms with Gasteiger partial charge in [0, 0.05) is 10.0 Å². The lowest BCUT2D eigenvalue weighted by Gasteiger charge is -2.11. The molecule has 2 aromatic carbocycles. The quantitative estimate of drug-likeness (QED) is 0.847. The van der Waals surface area contributed by atoms with E-state index < -0.39 is 0 Å². The molecule has 0 saturated heterocycles. The lowest BCUT2D eigenvalue weighted by molar-refractivity contribution is 0.102. The van der Waals surface area contributed by atoms with Crippen molar-refractivity contribution in [1.82, 2.24) is 0 Å². The van der Waals surface area contributed by atoms with E-state index >= 15 is 0 Å². The average Bonchev–Trinajstić information content (AvgIpc) is 2.41. The number of amides is 1. The van der Waals surface area contributed by atoms with Crippen molar-refractivity contribution in [2.45, 2.75) is 0 Å². The first-order valence-corrected chi connectivity index (χ1v) is 6.47. The smallest absolute Gasteiger partial charge is 0.259 e. The average molecular weight is 311 g/mol. The Balaban J connectivity index is 2.30. The van der Waals surface area contributed by atoms with E-state index in [1.54, 1.807) is 30.3 Å². The summed E-state index contributed by atoms with van der Waals surface area (Å²) in [6.45, 7) is 0. The highest BCUT2D eigenvalue weighted by Crippen LogP contribution is 2.26. The zero-order valence-corrected chi connectivity index (χ0v) is 12.1. The van der Waals surface area contributed by atoms with Crippen LogP contribution >= 0.6 is 23.2 Å². The molecule has 0 aliphatic carbocycles. The number of carbonyl (C=O) groups excluding carboxylic acids is 1. The summed E-state index contributed by atoms with van der Waals surface area (Å²) in [6, 6.07) is 9.64. The van der Waals surface area contributed by atoms with Crippen LogP contribution in [0.2, 0.25) is 10.0 Å². The number of hydrogen-bond acceptors (Lipinski definition) is 3. The molecule has 0 spiro atoms. The predicted molar refractivity (Wildman–Crippen MR) is 81.8 cm³/mol. The lowest BCUT2D eigenvalue weighted by Crippen LogP contribution is -2.14. The van der Waals surface area contributed by atoms with Gasteiger partial charge in [0.25, 0.3) is 5.91 Å². The minimum Gasteiger partial charge on any atom is -0.496 e. The molecule has 0 unspecified atom stereocenters. The molecule has 0 heterocycles. The summed E-state index contributed by atoms with van der Waals surface area (Å²) in [6.07, 6.45) is 0. The van der Waals surface area contributed by atoms with Gasteiger partial charge in [0.15, 0.2) is 0 Å². The summed E-state index contributed by atoms with van der Waals surface area (Å²) in [7, 11) is 1.48. The molecule has 0 aromatic heterocycles. The molecule has 0 saturated carbocycles. The third kappa shape index (κ3) is 3.15. The number of anilines is 2. The summed E-state index contributed by atoms with van der Waals surface area (Å²) in [5.41, 5.74) is 6.97. The van der Waals surface area contributed by atoms with E-state index in [9.17, 15) is 4.79 Å². The number of methoxy groups -OCH3 is 1. The van der Waals surface area contributed by atoms with Gasteiger partial charge in [-0.05, 0) is 36.4 Å². The zero-order chi connectivity index (χ0) is 14.7. The molecule has 1 amide bonds. The maximum atomic E-state index is 12.2. The van der Waals surface area contributed by atoms with E-state index in [0.717, 1.165) is 0 Å². The highest BCUT2D eigenvalue weighted by molar-refractivity contribution is 6.31. The second-order valence-corrected chi connectivity index (χ2v) is 4.90. The van der Waals surface area contributed by atoms with Crippen molar-refractivity contribution in [1.29, 1.82) is 0 Å². The van der Waals surface area contributed by atoms with Crippen LogP contribution in [-0.4, -0.2) is 13.0 Å². The SMILES string of the molecule is COc1ccc(Cl)cc1C(=O)Nc1ccc(Cl)cc1N. The van der Waals surface area contributed by atoms with Gasteiger partial charge in [-0.3, -0.25) is 4.79 Å². The van der Waals surface area contributed by atoms with E-state index in [4.69, 9.17) is 33.7 Å². The highest BCUT2D eigenvalue weighted by atomic mass is 35.5. The first-order valence-electron chi connectivity index (χ1n) is 5.71. The number of benzene rings is 2. The van der Waals surface area contributed by atoms with Gasteiger partial charge < -0.3 is 15.8 Å². The van der Waals surface area contributed by atoms with Crippen LogP contribution in [-0.2, 0) is 0 Å². The minimum atomic E-state index is -0.363. The van der Waals surface area contributed by atoms with Crippen molar-refractivity contribution >= 4 is 40.5 Å². The van der Waals surface area contributed by atoms with Crippen LogP contribution in [0.25, 0.3) is 0 Å². The van der Waals surface area contributed by atoms with Crippen molar-refractivity contribution in [2.75, 3.05) is 18.2 Å². The third-order valence-electron chi connectivity index (χ3n) is 2.67. The highest BCUT2D eigenvalue weighted by Gasteiger charge is 2.14. The van der Waals surface area contributed by atoms with Crippen molar-refractivity contribution < 1.29 is 9.53 Å². The Labute approximate surface area is 126 Å². The summed E-state index contributed by atoms with van der Waals surface area (Å²) < 4.78 is 5.14. The van der Waals surface area contributed by atoms with Crippen LogP contribution in [0.5, 0.6) is 5.75 Å². The Kier molecular flexibility index (Phi) is 4.37. The molecule has 0 radical (unpaired) electrons. The van der Waals surface area contributed by atoms with Crippen molar-refractivity contribution in [3.05, 3.63) is 52.0 Å². The van der Waals surface area contributed by atoms with Crippen molar-refractivity contribution in [3.8, 4) is 5.75 Å². The minimum absolute atomic E-state index is 0.328. The molecular formula is C14H12Cl2N2O2. The maximum absolute atomic E-state index is 12.2. The summed E-state index contributed by atoms with van der Waals surface area (Å²) in [4.78, 5) is 12.2. The van der Waals surface area contributed by atoms with Gasteiger partial charge in [0.1, 0.15) is 5.75 Å². The van der Waals surface area contributed by atoms with Crippen LogP contribution in [0.3, 0.4) is 0 Å². The van der Waals surface area contributed by atoms with Gasteiger partial charge in [0.05, 0.1) is 24.0 Å². The second-order valence-electron chi connectivity index (χ2n) is 4.03. The summed E-state index contributed by atoms with van der Waals surface area (Å²) in [5, 5.41) is 3.64. The first-order chi connectivity index (χ1) is 9.51. The Morgan fingerprint density at radius 1 is 1.15 bits per heavy atom. The van der Waals surface area contributed by atoms with Gasteiger partial charge in [-0.25, -0.2) is 0 Å². The van der Waals surface area contributed by atoms with Gasteiger partial charge in [-0.2, -0.15) is 0 Å². The molecule has 2 rings (SSSR count). The predicted octanol–water partition coefficient (Wildman–Crippen LogP) is 3.84. The maximum Gasteiger partial charge on any atom is 0.259 e. The molecule has 0 atom stereocenters. The van der Waals surface area contributed by atoms with E-state index in [2.05, 4.69) is 5.32 Å². The standard InChI is InChI=1S/C14H12Cl2N2O2/c1-20-13-5-3-8(15)6-10(13)14(19)18-12-4-2-9(16)7-11(12)17/h2-7H,17H2,1H3,(H,18,19). The van der Waals surface area contributed by atoms with Crippen LogP contribution in [0.15, 0.2) is 36.4 Å². The third-order valence-corrected chi connectivity index (χ3v) is 3.14. The topological polar surface area (TPSA) is 64.3 Å². The van der Waals surface area contributed by atoms with Crippen molar-refractivity contribution in [3.63, 3.8) is 0 Å². The lowest BCUT2D eigenvalue weighted by atomic mass is 10.1. The first kappa shape index (κ1) is 14.5. The molecule has 3 N–H and O–H groups in total. The molecule has 0 fully saturated rings. The molecule has 104 valence electrons. The molecule has 2 aromatic rings. The number of ether oxygens (including phenoxy) is 1. The number of nitrogens with one attached hydrogen (secondary N) is 1. The van der Waals surface area contributed by atoms with Crippen LogP contribution in [0.4, 0.5) is 11.4 Å². The van der Waals surface area contributed by atoms with E-state index in [0.29, 0.717) is 32.7 Å². The molecule has 6 heteroatoms. The molecule has 0 aliphatic rings. The number of nitrogens with two attached hydrogens (primary N) is 1. The fourth-order valence-corrected chi connectivity index (χ4v) is 2.05. The summed E-state index contributed by atoms with van der Waals surface area (Å²) >= 11 is 11.7. The molecule has 0 aliphatic heterocycles.